The van der Waals surface area contributed by atoms with Crippen molar-refractivity contribution in [3.8, 4) is 5.75 Å². The lowest BCUT2D eigenvalue weighted by Crippen LogP contribution is -2.35. The van der Waals surface area contributed by atoms with E-state index in [0.717, 1.165) is 10.4 Å². The molecule has 0 spiro atoms. The number of hydrogen-bond acceptors (Lipinski definition) is 9. The summed E-state index contributed by atoms with van der Waals surface area (Å²) in [5.74, 6) is -0.517. The molecule has 11 nitrogen and oxygen atoms in total. The number of thiophene rings is 1. The van der Waals surface area contributed by atoms with Gasteiger partial charge in [-0.05, 0) is 67.4 Å². The van der Waals surface area contributed by atoms with Crippen molar-refractivity contribution in [2.45, 2.75) is 24.8 Å². The summed E-state index contributed by atoms with van der Waals surface area (Å²) >= 11 is 1.20. The zero-order chi connectivity index (χ0) is 28.2. The molecule has 1 aromatic heterocycles. The molecule has 4 rings (SSSR count). The van der Waals surface area contributed by atoms with Gasteiger partial charge in [-0.3, -0.25) is 9.52 Å². The van der Waals surface area contributed by atoms with Crippen LogP contribution in [0.25, 0.3) is 0 Å². The van der Waals surface area contributed by atoms with Gasteiger partial charge in [-0.25, -0.2) is 18.0 Å². The smallest absolute Gasteiger partial charge is 0.409 e. The number of amides is 2. The molecular formula is C26H27N3O8S2. The summed E-state index contributed by atoms with van der Waals surface area (Å²) in [5, 5.41) is 3.10. The molecule has 2 N–H and O–H groups in total. The molecule has 1 aliphatic heterocycles. The Kier molecular flexibility index (Phi) is 8.41. The van der Waals surface area contributed by atoms with Crippen LogP contribution < -0.4 is 14.8 Å². The van der Waals surface area contributed by atoms with Gasteiger partial charge in [0.05, 0.1) is 37.8 Å². The third-order valence-electron chi connectivity index (χ3n) is 5.97. The normalized spacial score (nSPS) is 12.7. The van der Waals surface area contributed by atoms with Gasteiger partial charge in [0.1, 0.15) is 10.8 Å². The van der Waals surface area contributed by atoms with Gasteiger partial charge < -0.3 is 24.4 Å². The zero-order valence-electron chi connectivity index (χ0n) is 21.5. The molecule has 0 radical (unpaired) electrons. The first-order chi connectivity index (χ1) is 18.7. The first-order valence-corrected chi connectivity index (χ1v) is 14.2. The average Bonchev–Trinajstić information content (AvgIpc) is 3.29. The summed E-state index contributed by atoms with van der Waals surface area (Å²) < 4.78 is 42.9. The molecule has 1 aliphatic rings. The number of hydrogen-bond donors (Lipinski definition) is 2. The SMILES string of the molecule is CCOC(=O)c1c(NC(=O)c2ccc(NS(=O)(=O)c3ccc(OC)cc3)cc2)sc2c1CCN(C(=O)OC)C2. The highest BCUT2D eigenvalue weighted by atomic mass is 32.2. The molecule has 3 aromatic rings. The summed E-state index contributed by atoms with van der Waals surface area (Å²) in [6.07, 6.45) is -0.0615. The Balaban J connectivity index is 1.52. The summed E-state index contributed by atoms with van der Waals surface area (Å²) in [7, 11) is -1.06. The Morgan fingerprint density at radius 2 is 1.72 bits per heavy atom. The molecule has 39 heavy (non-hydrogen) atoms. The second kappa shape index (κ2) is 11.7. The number of benzene rings is 2. The van der Waals surface area contributed by atoms with E-state index in [4.69, 9.17) is 14.2 Å². The Morgan fingerprint density at radius 1 is 1.03 bits per heavy atom. The molecule has 206 valence electrons. The van der Waals surface area contributed by atoms with Gasteiger partial charge in [-0.15, -0.1) is 11.3 Å². The van der Waals surface area contributed by atoms with Gasteiger partial charge in [0.15, 0.2) is 0 Å². The number of sulfonamides is 1. The van der Waals surface area contributed by atoms with Crippen molar-refractivity contribution in [2.75, 3.05) is 37.4 Å². The molecule has 0 bridgehead atoms. The average molecular weight is 574 g/mol. The molecule has 13 heteroatoms. The van der Waals surface area contributed by atoms with E-state index < -0.39 is 28.0 Å². The highest BCUT2D eigenvalue weighted by Crippen LogP contribution is 2.38. The van der Waals surface area contributed by atoms with Gasteiger partial charge in [-0.2, -0.15) is 0 Å². The fourth-order valence-corrected chi connectivity index (χ4v) is 6.33. The maximum atomic E-state index is 13.1. The highest BCUT2D eigenvalue weighted by molar-refractivity contribution is 7.92. The lowest BCUT2D eigenvalue weighted by atomic mass is 10.0. The second-order valence-electron chi connectivity index (χ2n) is 8.38. The predicted octanol–water partition coefficient (Wildman–Crippen LogP) is 4.11. The second-order valence-corrected chi connectivity index (χ2v) is 11.2. The Morgan fingerprint density at radius 3 is 2.33 bits per heavy atom. The lowest BCUT2D eigenvalue weighted by molar-refractivity contribution is 0.0526. The summed E-state index contributed by atoms with van der Waals surface area (Å²) in [6, 6.07) is 11.8. The van der Waals surface area contributed by atoms with Crippen LogP contribution in [0.3, 0.4) is 0 Å². The number of carbonyl (C=O) groups excluding carboxylic acids is 3. The van der Waals surface area contributed by atoms with E-state index in [1.165, 1.54) is 66.9 Å². The molecule has 2 aromatic carbocycles. The van der Waals surface area contributed by atoms with Crippen molar-refractivity contribution in [3.63, 3.8) is 0 Å². The Hall–Kier alpha value is -4.10. The van der Waals surface area contributed by atoms with Crippen molar-refractivity contribution < 1.29 is 37.0 Å². The maximum absolute atomic E-state index is 13.1. The lowest BCUT2D eigenvalue weighted by Gasteiger charge is -2.25. The van der Waals surface area contributed by atoms with E-state index in [1.807, 2.05) is 0 Å². The van der Waals surface area contributed by atoms with Gasteiger partial charge in [-0.1, -0.05) is 0 Å². The number of anilines is 2. The van der Waals surface area contributed by atoms with Crippen LogP contribution in [0.4, 0.5) is 15.5 Å². The van der Waals surface area contributed by atoms with E-state index in [9.17, 15) is 22.8 Å². The first kappa shape index (κ1) is 27.9. The fourth-order valence-electron chi connectivity index (χ4n) is 4.03. The number of methoxy groups -OCH3 is 2. The van der Waals surface area contributed by atoms with Crippen molar-refractivity contribution in [1.82, 2.24) is 4.90 Å². The number of nitrogens with zero attached hydrogens (tertiary/aromatic N) is 1. The van der Waals surface area contributed by atoms with Gasteiger partial charge in [0, 0.05) is 22.7 Å². The number of carbonyl (C=O) groups is 3. The number of ether oxygens (including phenoxy) is 3. The maximum Gasteiger partial charge on any atom is 0.409 e. The van der Waals surface area contributed by atoms with E-state index in [1.54, 1.807) is 19.1 Å². The van der Waals surface area contributed by atoms with Crippen LogP contribution in [0, 0.1) is 0 Å². The standard InChI is InChI=1S/C26H27N3O8S2/c1-4-37-25(31)22-20-13-14-29(26(32)36-3)15-21(20)38-24(22)27-23(30)16-5-7-17(8-6-16)28-39(33,34)19-11-9-18(35-2)10-12-19/h5-12,28H,4,13-15H2,1-3H3,(H,27,30). The summed E-state index contributed by atoms with van der Waals surface area (Å²) in [5.41, 5.74) is 1.53. The van der Waals surface area contributed by atoms with Crippen LogP contribution in [0.1, 0.15) is 38.1 Å². The monoisotopic (exact) mass is 573 g/mol. The summed E-state index contributed by atoms with van der Waals surface area (Å²) in [4.78, 5) is 40.2. The van der Waals surface area contributed by atoms with Gasteiger partial charge in [0.25, 0.3) is 15.9 Å². The Bertz CT molecular complexity index is 1480. The van der Waals surface area contributed by atoms with E-state index >= 15 is 0 Å². The number of nitrogens with one attached hydrogen (secondary N) is 2. The first-order valence-electron chi connectivity index (χ1n) is 11.9. The number of rotatable bonds is 8. The van der Waals surface area contributed by atoms with Gasteiger partial charge >= 0.3 is 12.1 Å². The van der Waals surface area contributed by atoms with Crippen LogP contribution >= 0.6 is 11.3 Å². The van der Waals surface area contributed by atoms with E-state index in [-0.39, 0.29) is 34.9 Å². The Labute approximate surface area is 229 Å². The predicted molar refractivity (Wildman–Crippen MR) is 145 cm³/mol. The molecule has 0 saturated carbocycles. The van der Waals surface area contributed by atoms with Crippen LogP contribution in [0.5, 0.6) is 5.75 Å². The van der Waals surface area contributed by atoms with Crippen molar-refractivity contribution >= 4 is 50.0 Å². The molecule has 0 aliphatic carbocycles. The minimum Gasteiger partial charge on any atom is -0.497 e. The molecule has 0 fully saturated rings. The molecule has 0 atom stereocenters. The van der Waals surface area contributed by atoms with Gasteiger partial charge in [0.2, 0.25) is 0 Å². The highest BCUT2D eigenvalue weighted by Gasteiger charge is 2.31. The van der Waals surface area contributed by atoms with E-state index in [2.05, 4.69) is 10.0 Å². The molecule has 0 saturated heterocycles. The number of fused-ring (bicyclic) bond motifs is 1. The van der Waals surface area contributed by atoms with Crippen molar-refractivity contribution in [1.29, 1.82) is 0 Å². The van der Waals surface area contributed by atoms with Crippen LogP contribution in [-0.2, 0) is 32.5 Å². The third kappa shape index (κ3) is 6.15. The molecule has 0 unspecified atom stereocenters. The third-order valence-corrected chi connectivity index (χ3v) is 8.49. The minimum absolute atomic E-state index is 0.0593. The quantitative estimate of drug-likeness (QED) is 0.384. The van der Waals surface area contributed by atoms with Crippen LogP contribution in [0.2, 0.25) is 0 Å². The largest absolute Gasteiger partial charge is 0.497 e. The molecular weight excluding hydrogens is 546 g/mol. The molecule has 2 amide bonds. The fraction of sp³-hybridized carbons (Fsp3) is 0.269. The van der Waals surface area contributed by atoms with Crippen LogP contribution in [-0.4, -0.2) is 58.7 Å². The van der Waals surface area contributed by atoms with Crippen molar-refractivity contribution in [3.05, 3.63) is 70.1 Å². The molecule has 2 heterocycles. The minimum atomic E-state index is -3.85. The van der Waals surface area contributed by atoms with Crippen LogP contribution in [0.15, 0.2) is 53.4 Å². The van der Waals surface area contributed by atoms with E-state index in [0.29, 0.717) is 23.7 Å². The van der Waals surface area contributed by atoms with Crippen molar-refractivity contribution in [2.24, 2.45) is 0 Å². The topological polar surface area (TPSA) is 140 Å². The summed E-state index contributed by atoms with van der Waals surface area (Å²) in [6.45, 7) is 2.47. The zero-order valence-corrected chi connectivity index (χ0v) is 23.1. The number of esters is 1.